The summed E-state index contributed by atoms with van der Waals surface area (Å²) in [5.74, 6) is 0.106. The summed E-state index contributed by atoms with van der Waals surface area (Å²) in [6, 6.07) is 12.1. The largest absolute Gasteiger partial charge is 0.340 e. The van der Waals surface area contributed by atoms with Crippen molar-refractivity contribution in [2.24, 2.45) is 0 Å². The van der Waals surface area contributed by atoms with Gasteiger partial charge in [0.1, 0.15) is 0 Å². The maximum atomic E-state index is 12.5. The van der Waals surface area contributed by atoms with Crippen molar-refractivity contribution in [3.05, 3.63) is 70.2 Å². The summed E-state index contributed by atoms with van der Waals surface area (Å²) in [5.41, 5.74) is 3.32. The van der Waals surface area contributed by atoms with E-state index in [0.29, 0.717) is 13.1 Å². The van der Waals surface area contributed by atoms with Crippen LogP contribution in [0.4, 0.5) is 0 Å². The van der Waals surface area contributed by atoms with E-state index in [1.807, 2.05) is 61.5 Å². The molecule has 5 nitrogen and oxygen atoms in total. The summed E-state index contributed by atoms with van der Waals surface area (Å²) in [4.78, 5) is 17.6. The second kappa shape index (κ2) is 8.29. The predicted octanol–water partition coefficient (Wildman–Crippen LogP) is 3.33. The Morgan fingerprint density at radius 1 is 1.15 bits per heavy atom. The molecule has 1 aromatic carbocycles. The minimum Gasteiger partial charge on any atom is -0.340 e. The van der Waals surface area contributed by atoms with E-state index < -0.39 is 0 Å². The van der Waals surface area contributed by atoms with Gasteiger partial charge in [-0.05, 0) is 43.1 Å². The molecule has 136 valence electrons. The molecule has 0 saturated heterocycles. The minimum atomic E-state index is 0.106. The molecule has 0 N–H and O–H groups in total. The first-order chi connectivity index (χ1) is 12.5. The highest BCUT2D eigenvalue weighted by atomic mass is 32.1. The molecule has 0 atom stereocenters. The van der Waals surface area contributed by atoms with Crippen molar-refractivity contribution in [2.75, 3.05) is 20.6 Å². The molecule has 0 radical (unpaired) electrons. The number of aryl methyl sites for hydroxylation is 1. The lowest BCUT2D eigenvalue weighted by Crippen LogP contribution is -2.35. The Balaban J connectivity index is 1.54. The fraction of sp³-hybridized carbons (Fsp3) is 0.300. The van der Waals surface area contributed by atoms with Crippen LogP contribution in [0, 0.1) is 6.92 Å². The normalized spacial score (nSPS) is 11.1. The van der Waals surface area contributed by atoms with Crippen LogP contribution in [0.25, 0.3) is 5.69 Å². The van der Waals surface area contributed by atoms with Crippen molar-refractivity contribution < 1.29 is 4.79 Å². The second-order valence-corrected chi connectivity index (χ2v) is 7.58. The molecular weight excluding hydrogens is 344 g/mol. The van der Waals surface area contributed by atoms with Crippen molar-refractivity contribution >= 4 is 17.2 Å². The Morgan fingerprint density at radius 2 is 1.92 bits per heavy atom. The summed E-state index contributed by atoms with van der Waals surface area (Å²) in [6.45, 7) is 3.87. The van der Waals surface area contributed by atoms with E-state index in [9.17, 15) is 4.79 Å². The molecule has 0 saturated carbocycles. The second-order valence-electron chi connectivity index (χ2n) is 6.58. The van der Waals surface area contributed by atoms with Gasteiger partial charge in [0.2, 0.25) is 5.91 Å². The van der Waals surface area contributed by atoms with Gasteiger partial charge in [0.05, 0.1) is 18.4 Å². The van der Waals surface area contributed by atoms with Crippen molar-refractivity contribution in [3.63, 3.8) is 0 Å². The summed E-state index contributed by atoms with van der Waals surface area (Å²) in [5, 5.41) is 6.48. The minimum absolute atomic E-state index is 0.106. The highest BCUT2D eigenvalue weighted by molar-refractivity contribution is 7.10. The third-order valence-electron chi connectivity index (χ3n) is 4.29. The van der Waals surface area contributed by atoms with Gasteiger partial charge < -0.3 is 4.90 Å². The SMILES string of the molecule is Cc1ccsc1CN(C)CC(=O)N(C)Cc1cnn(-c2ccccc2)c1. The van der Waals surface area contributed by atoms with Crippen LogP contribution in [0.3, 0.4) is 0 Å². The lowest BCUT2D eigenvalue weighted by Gasteiger charge is -2.21. The zero-order valence-electron chi connectivity index (χ0n) is 15.4. The van der Waals surface area contributed by atoms with Gasteiger partial charge >= 0.3 is 0 Å². The number of hydrogen-bond acceptors (Lipinski definition) is 4. The van der Waals surface area contributed by atoms with Gasteiger partial charge in [-0.15, -0.1) is 11.3 Å². The monoisotopic (exact) mass is 368 g/mol. The number of para-hydroxylation sites is 1. The summed E-state index contributed by atoms with van der Waals surface area (Å²) in [6.07, 6.45) is 3.79. The molecule has 0 spiro atoms. The van der Waals surface area contributed by atoms with Crippen LogP contribution in [0.15, 0.2) is 54.2 Å². The number of amides is 1. The summed E-state index contributed by atoms with van der Waals surface area (Å²) in [7, 11) is 3.82. The molecule has 1 amide bonds. The van der Waals surface area contributed by atoms with Gasteiger partial charge in [-0.1, -0.05) is 18.2 Å². The molecule has 0 fully saturated rings. The van der Waals surface area contributed by atoms with Crippen LogP contribution in [0.5, 0.6) is 0 Å². The van der Waals surface area contributed by atoms with Crippen molar-refractivity contribution in [1.29, 1.82) is 0 Å². The molecule has 2 heterocycles. The molecule has 2 aromatic heterocycles. The zero-order chi connectivity index (χ0) is 18.5. The first-order valence-corrected chi connectivity index (χ1v) is 9.45. The molecule has 0 aliphatic carbocycles. The lowest BCUT2D eigenvalue weighted by molar-refractivity contribution is -0.131. The fourth-order valence-electron chi connectivity index (χ4n) is 2.74. The third-order valence-corrected chi connectivity index (χ3v) is 5.30. The van der Waals surface area contributed by atoms with Crippen molar-refractivity contribution in [3.8, 4) is 5.69 Å². The number of benzene rings is 1. The van der Waals surface area contributed by atoms with Crippen LogP contribution in [-0.4, -0.2) is 46.1 Å². The predicted molar refractivity (Wildman–Crippen MR) is 105 cm³/mol. The van der Waals surface area contributed by atoms with Gasteiger partial charge in [0, 0.05) is 36.8 Å². The number of likely N-dealkylation sites (N-methyl/N-ethyl adjacent to an activating group) is 2. The number of carbonyl (C=O) groups excluding carboxylic acids is 1. The number of hydrogen-bond donors (Lipinski definition) is 0. The molecule has 3 aromatic rings. The molecule has 3 rings (SSSR count). The maximum absolute atomic E-state index is 12.5. The van der Waals surface area contributed by atoms with Gasteiger partial charge in [-0.3, -0.25) is 9.69 Å². The van der Waals surface area contributed by atoms with Crippen LogP contribution < -0.4 is 0 Å². The average molecular weight is 369 g/mol. The van der Waals surface area contributed by atoms with E-state index in [-0.39, 0.29) is 5.91 Å². The smallest absolute Gasteiger partial charge is 0.236 e. The molecule has 0 aliphatic rings. The summed E-state index contributed by atoms with van der Waals surface area (Å²) < 4.78 is 1.83. The van der Waals surface area contributed by atoms with E-state index in [2.05, 4.69) is 28.4 Å². The quantitative estimate of drug-likeness (QED) is 0.642. The Labute approximate surface area is 158 Å². The molecule has 0 bridgehead atoms. The molecule has 26 heavy (non-hydrogen) atoms. The highest BCUT2D eigenvalue weighted by Crippen LogP contribution is 2.17. The van der Waals surface area contributed by atoms with E-state index in [1.165, 1.54) is 10.4 Å². The van der Waals surface area contributed by atoms with E-state index in [0.717, 1.165) is 17.8 Å². The Morgan fingerprint density at radius 3 is 2.62 bits per heavy atom. The van der Waals surface area contributed by atoms with E-state index in [4.69, 9.17) is 0 Å². The number of thiophene rings is 1. The first kappa shape index (κ1) is 18.4. The molecule has 6 heteroatoms. The lowest BCUT2D eigenvalue weighted by atomic mass is 10.3. The van der Waals surface area contributed by atoms with Crippen molar-refractivity contribution in [2.45, 2.75) is 20.0 Å². The van der Waals surface area contributed by atoms with Gasteiger partial charge in [0.25, 0.3) is 0 Å². The number of aromatic nitrogens is 2. The Bertz CT molecular complexity index is 856. The Hall–Kier alpha value is -2.44. The average Bonchev–Trinajstić information content (AvgIpc) is 3.25. The number of nitrogens with zero attached hydrogens (tertiary/aromatic N) is 4. The number of carbonyl (C=O) groups is 1. The van der Waals surface area contributed by atoms with Crippen molar-refractivity contribution in [1.82, 2.24) is 19.6 Å². The maximum Gasteiger partial charge on any atom is 0.236 e. The standard InChI is InChI=1S/C20H24N4OS/c1-16-9-10-26-19(16)14-22(2)15-20(25)23(3)12-17-11-21-24(13-17)18-7-5-4-6-8-18/h4-11,13H,12,14-15H2,1-3H3. The Kier molecular flexibility index (Phi) is 5.85. The highest BCUT2D eigenvalue weighted by Gasteiger charge is 2.14. The van der Waals surface area contributed by atoms with E-state index >= 15 is 0 Å². The van der Waals surface area contributed by atoms with Gasteiger partial charge in [-0.2, -0.15) is 5.10 Å². The summed E-state index contributed by atoms with van der Waals surface area (Å²) >= 11 is 1.74. The van der Waals surface area contributed by atoms with Crippen LogP contribution >= 0.6 is 11.3 Å². The third kappa shape index (κ3) is 4.59. The van der Waals surface area contributed by atoms with E-state index in [1.54, 1.807) is 16.2 Å². The zero-order valence-corrected chi connectivity index (χ0v) is 16.2. The van der Waals surface area contributed by atoms with Crippen LogP contribution in [0.1, 0.15) is 16.0 Å². The molecular formula is C20H24N4OS. The molecule has 0 unspecified atom stereocenters. The molecule has 0 aliphatic heterocycles. The van der Waals surface area contributed by atoms with Crippen LogP contribution in [0.2, 0.25) is 0 Å². The fourth-order valence-corrected chi connectivity index (χ4v) is 3.73. The first-order valence-electron chi connectivity index (χ1n) is 8.57. The topological polar surface area (TPSA) is 41.4 Å². The van der Waals surface area contributed by atoms with Crippen LogP contribution in [-0.2, 0) is 17.9 Å². The van der Waals surface area contributed by atoms with Gasteiger partial charge in [0.15, 0.2) is 0 Å². The van der Waals surface area contributed by atoms with Gasteiger partial charge in [-0.25, -0.2) is 4.68 Å². The number of rotatable bonds is 7.